The first-order chi connectivity index (χ1) is 11.2. The van der Waals surface area contributed by atoms with Crippen molar-refractivity contribution in [2.75, 3.05) is 39.6 Å². The number of methoxy groups -OCH3 is 1. The van der Waals surface area contributed by atoms with Crippen LogP contribution >= 0.6 is 0 Å². The van der Waals surface area contributed by atoms with E-state index in [1.54, 1.807) is 19.5 Å². The number of hydrogen-bond acceptors (Lipinski definition) is 6. The monoisotopic (exact) mass is 312 g/mol. The van der Waals surface area contributed by atoms with Crippen LogP contribution in [0.4, 0.5) is 5.82 Å². The van der Waals surface area contributed by atoms with Crippen molar-refractivity contribution in [2.45, 2.75) is 0 Å². The Morgan fingerprint density at radius 1 is 1.17 bits per heavy atom. The van der Waals surface area contributed by atoms with Gasteiger partial charge >= 0.3 is 0 Å². The van der Waals surface area contributed by atoms with Gasteiger partial charge in [-0.05, 0) is 26.2 Å². The molecule has 0 bridgehead atoms. The van der Waals surface area contributed by atoms with Gasteiger partial charge in [0.05, 0.1) is 13.3 Å². The third-order valence-electron chi connectivity index (χ3n) is 3.52. The second-order valence-electron chi connectivity index (χ2n) is 5.44. The molecule has 120 valence electrons. The predicted octanol–water partition coefficient (Wildman–Crippen LogP) is 1.77. The zero-order chi connectivity index (χ0) is 16.2. The van der Waals surface area contributed by atoms with Crippen LogP contribution < -0.4 is 10.1 Å². The number of pyridine rings is 1. The molecule has 0 unspecified atom stereocenters. The molecule has 0 spiro atoms. The third-order valence-corrected chi connectivity index (χ3v) is 3.52. The topological polar surface area (TPSA) is 67.6 Å². The number of anilines is 1. The summed E-state index contributed by atoms with van der Waals surface area (Å²) in [5.74, 6) is 1.51. The highest BCUT2D eigenvalue weighted by Crippen LogP contribution is 2.25. The summed E-state index contributed by atoms with van der Waals surface area (Å²) in [6, 6.07) is 5.71. The molecule has 3 aromatic heterocycles. The molecule has 7 nitrogen and oxygen atoms in total. The van der Waals surface area contributed by atoms with Crippen molar-refractivity contribution in [3.63, 3.8) is 0 Å². The van der Waals surface area contributed by atoms with Gasteiger partial charge in [-0.15, -0.1) is 0 Å². The number of ether oxygens (including phenoxy) is 1. The summed E-state index contributed by atoms with van der Waals surface area (Å²) in [6.45, 7) is 1.78. The summed E-state index contributed by atoms with van der Waals surface area (Å²) in [5, 5.41) is 7.84. The van der Waals surface area contributed by atoms with Gasteiger partial charge in [0, 0.05) is 42.7 Å². The van der Waals surface area contributed by atoms with Crippen molar-refractivity contribution in [3.05, 3.63) is 36.8 Å². The maximum Gasteiger partial charge on any atom is 0.212 e. The second-order valence-corrected chi connectivity index (χ2v) is 5.44. The number of aromatic nitrogens is 4. The molecular weight excluding hydrogens is 292 g/mol. The van der Waals surface area contributed by atoms with Crippen LogP contribution in [0.1, 0.15) is 0 Å². The van der Waals surface area contributed by atoms with Crippen LogP contribution in [0.25, 0.3) is 16.8 Å². The second kappa shape index (κ2) is 6.62. The van der Waals surface area contributed by atoms with Crippen molar-refractivity contribution in [1.82, 2.24) is 24.5 Å². The van der Waals surface area contributed by atoms with Gasteiger partial charge in [0.2, 0.25) is 5.88 Å². The first-order valence-electron chi connectivity index (χ1n) is 7.41. The van der Waals surface area contributed by atoms with Gasteiger partial charge in [-0.1, -0.05) is 0 Å². The fraction of sp³-hybridized carbons (Fsp3) is 0.312. The smallest absolute Gasteiger partial charge is 0.212 e. The van der Waals surface area contributed by atoms with Gasteiger partial charge < -0.3 is 15.0 Å². The first-order valence-corrected chi connectivity index (χ1v) is 7.41. The molecule has 0 aliphatic carbocycles. The van der Waals surface area contributed by atoms with Crippen LogP contribution in [0.5, 0.6) is 5.88 Å². The van der Waals surface area contributed by atoms with Crippen molar-refractivity contribution >= 4 is 11.5 Å². The van der Waals surface area contributed by atoms with Gasteiger partial charge in [0.15, 0.2) is 5.65 Å². The van der Waals surface area contributed by atoms with E-state index in [1.807, 2.05) is 43.0 Å². The summed E-state index contributed by atoms with van der Waals surface area (Å²) in [7, 11) is 5.70. The van der Waals surface area contributed by atoms with Gasteiger partial charge in [0.25, 0.3) is 0 Å². The lowest BCUT2D eigenvalue weighted by Gasteiger charge is -2.12. The fourth-order valence-electron chi connectivity index (χ4n) is 2.30. The minimum Gasteiger partial charge on any atom is -0.481 e. The summed E-state index contributed by atoms with van der Waals surface area (Å²) in [5.41, 5.74) is 2.70. The van der Waals surface area contributed by atoms with Crippen LogP contribution in [0.3, 0.4) is 0 Å². The molecule has 0 aliphatic heterocycles. The Morgan fingerprint density at radius 3 is 2.74 bits per heavy atom. The highest BCUT2D eigenvalue weighted by molar-refractivity contribution is 5.77. The lowest BCUT2D eigenvalue weighted by molar-refractivity contribution is 0.398. The number of hydrogen-bond donors (Lipinski definition) is 1. The van der Waals surface area contributed by atoms with Crippen LogP contribution in [0.2, 0.25) is 0 Å². The average Bonchev–Trinajstić information content (AvgIpc) is 2.99. The number of nitrogens with zero attached hydrogens (tertiary/aromatic N) is 5. The Balaban J connectivity index is 1.91. The van der Waals surface area contributed by atoms with Crippen LogP contribution in [-0.4, -0.2) is 58.8 Å². The lowest BCUT2D eigenvalue weighted by atomic mass is 10.1. The van der Waals surface area contributed by atoms with Gasteiger partial charge in [0.1, 0.15) is 5.82 Å². The molecule has 0 atom stereocenters. The number of rotatable bonds is 6. The van der Waals surface area contributed by atoms with Crippen molar-refractivity contribution in [3.8, 4) is 17.0 Å². The van der Waals surface area contributed by atoms with E-state index < -0.39 is 0 Å². The van der Waals surface area contributed by atoms with E-state index in [4.69, 9.17) is 4.74 Å². The number of fused-ring (bicyclic) bond motifs is 1. The summed E-state index contributed by atoms with van der Waals surface area (Å²) in [4.78, 5) is 10.8. The molecule has 23 heavy (non-hydrogen) atoms. The van der Waals surface area contributed by atoms with E-state index in [2.05, 4.69) is 25.3 Å². The first kappa shape index (κ1) is 15.2. The SMILES string of the molecule is COc1ccc(-c2cnn3c(NCCN(C)C)ccnc23)cn1. The molecule has 0 amide bonds. The number of likely N-dealkylation sites (N-methyl/N-ethyl adjacent to an activating group) is 1. The van der Waals surface area contributed by atoms with Crippen molar-refractivity contribution in [2.24, 2.45) is 0 Å². The normalized spacial score (nSPS) is 11.1. The molecule has 1 N–H and O–H groups in total. The molecule has 3 rings (SSSR count). The molecule has 0 aliphatic rings. The van der Waals surface area contributed by atoms with E-state index in [9.17, 15) is 0 Å². The van der Waals surface area contributed by atoms with E-state index in [1.165, 1.54) is 0 Å². The van der Waals surface area contributed by atoms with E-state index >= 15 is 0 Å². The largest absolute Gasteiger partial charge is 0.481 e. The van der Waals surface area contributed by atoms with Crippen molar-refractivity contribution in [1.29, 1.82) is 0 Å². The third kappa shape index (κ3) is 3.24. The Morgan fingerprint density at radius 2 is 2.04 bits per heavy atom. The molecular formula is C16H20N6O. The zero-order valence-electron chi connectivity index (χ0n) is 13.5. The maximum atomic E-state index is 5.10. The molecule has 3 aromatic rings. The molecule has 0 radical (unpaired) electrons. The van der Waals surface area contributed by atoms with E-state index in [0.29, 0.717) is 5.88 Å². The van der Waals surface area contributed by atoms with Crippen LogP contribution in [-0.2, 0) is 0 Å². The maximum absolute atomic E-state index is 5.10. The predicted molar refractivity (Wildman–Crippen MR) is 89.8 cm³/mol. The Labute approximate surface area is 134 Å². The highest BCUT2D eigenvalue weighted by atomic mass is 16.5. The van der Waals surface area contributed by atoms with Crippen molar-refractivity contribution < 1.29 is 4.74 Å². The fourth-order valence-corrected chi connectivity index (χ4v) is 2.30. The van der Waals surface area contributed by atoms with Gasteiger partial charge in [-0.2, -0.15) is 9.61 Å². The van der Waals surface area contributed by atoms with Crippen LogP contribution in [0.15, 0.2) is 36.8 Å². The van der Waals surface area contributed by atoms with Gasteiger partial charge in [-0.25, -0.2) is 9.97 Å². The zero-order valence-corrected chi connectivity index (χ0v) is 13.5. The summed E-state index contributed by atoms with van der Waals surface area (Å²) >= 11 is 0. The Kier molecular flexibility index (Phi) is 4.38. The Hall–Kier alpha value is -2.67. The quantitative estimate of drug-likeness (QED) is 0.748. The molecule has 0 saturated carbocycles. The summed E-state index contributed by atoms with van der Waals surface area (Å²) in [6.07, 6.45) is 5.36. The number of nitrogens with one attached hydrogen (secondary N) is 1. The standard InChI is InChI=1S/C16H20N6O/c1-21(2)9-8-17-14-6-7-18-16-13(11-20-22(14)16)12-4-5-15(23-3)19-10-12/h4-7,10-11,17H,8-9H2,1-3H3. The van der Waals surface area contributed by atoms with E-state index in [-0.39, 0.29) is 0 Å². The minimum absolute atomic E-state index is 0.587. The van der Waals surface area contributed by atoms with Gasteiger partial charge in [-0.3, -0.25) is 0 Å². The molecule has 0 saturated heterocycles. The summed E-state index contributed by atoms with van der Waals surface area (Å²) < 4.78 is 6.91. The van der Waals surface area contributed by atoms with E-state index in [0.717, 1.165) is 35.7 Å². The molecule has 3 heterocycles. The highest BCUT2D eigenvalue weighted by Gasteiger charge is 2.11. The van der Waals surface area contributed by atoms with Crippen LogP contribution in [0, 0.1) is 0 Å². The Bertz CT molecular complexity index is 781. The molecule has 0 aromatic carbocycles. The molecule has 0 fully saturated rings. The lowest BCUT2D eigenvalue weighted by Crippen LogP contribution is -2.21. The molecule has 7 heteroatoms. The minimum atomic E-state index is 0.587. The average molecular weight is 312 g/mol.